The van der Waals surface area contributed by atoms with Gasteiger partial charge in [-0.25, -0.2) is 13.2 Å². The Labute approximate surface area is 188 Å². The molecule has 164 valence electrons. The van der Waals surface area contributed by atoms with Crippen molar-refractivity contribution in [1.29, 1.82) is 0 Å². The van der Waals surface area contributed by atoms with Gasteiger partial charge in [-0.3, -0.25) is 9.36 Å². The number of sulfonamides is 1. The molecule has 1 fully saturated rings. The first-order chi connectivity index (χ1) is 14.8. The SMILES string of the molecule is O=C(CCn1c(=O)oc2cc(S(=O)(=O)N3CCCC3)ccc21)Oc1cc(Cl)ccc1Cl. The van der Waals surface area contributed by atoms with E-state index < -0.39 is 21.7 Å². The number of fused-ring (bicyclic) bond motifs is 1. The Balaban J connectivity index is 1.52. The van der Waals surface area contributed by atoms with Gasteiger partial charge < -0.3 is 9.15 Å². The van der Waals surface area contributed by atoms with Gasteiger partial charge in [0.2, 0.25) is 10.0 Å². The normalized spacial score (nSPS) is 14.9. The van der Waals surface area contributed by atoms with E-state index in [2.05, 4.69) is 0 Å². The first-order valence-corrected chi connectivity index (χ1v) is 11.7. The molecule has 0 radical (unpaired) electrons. The third-order valence-electron chi connectivity index (χ3n) is 5.00. The predicted molar refractivity (Wildman–Crippen MR) is 115 cm³/mol. The number of rotatable bonds is 6. The quantitative estimate of drug-likeness (QED) is 0.390. The summed E-state index contributed by atoms with van der Waals surface area (Å²) in [6.45, 7) is 0.940. The van der Waals surface area contributed by atoms with Crippen molar-refractivity contribution in [2.45, 2.75) is 30.7 Å². The van der Waals surface area contributed by atoms with E-state index >= 15 is 0 Å². The highest BCUT2D eigenvalue weighted by molar-refractivity contribution is 7.89. The first-order valence-electron chi connectivity index (χ1n) is 9.55. The molecule has 2 heterocycles. The Morgan fingerprint density at radius 1 is 1.10 bits per heavy atom. The maximum atomic E-state index is 12.7. The maximum Gasteiger partial charge on any atom is 0.419 e. The molecule has 11 heteroatoms. The number of oxazole rings is 1. The number of esters is 1. The van der Waals surface area contributed by atoms with Crippen molar-refractivity contribution >= 4 is 50.3 Å². The van der Waals surface area contributed by atoms with Gasteiger partial charge in [-0.2, -0.15) is 4.31 Å². The Morgan fingerprint density at radius 3 is 2.58 bits per heavy atom. The fourth-order valence-corrected chi connectivity index (χ4v) is 5.28. The summed E-state index contributed by atoms with van der Waals surface area (Å²) in [5.74, 6) is -1.18. The molecule has 1 aliphatic rings. The third-order valence-corrected chi connectivity index (χ3v) is 7.44. The average Bonchev–Trinajstić information content (AvgIpc) is 3.37. The van der Waals surface area contributed by atoms with Crippen LogP contribution in [0.25, 0.3) is 11.1 Å². The minimum atomic E-state index is -3.64. The summed E-state index contributed by atoms with van der Waals surface area (Å²) in [5, 5.41) is 0.597. The third kappa shape index (κ3) is 4.50. The minimum absolute atomic E-state index is 0.0128. The summed E-state index contributed by atoms with van der Waals surface area (Å²) in [6.07, 6.45) is 1.51. The molecule has 0 atom stereocenters. The van der Waals surface area contributed by atoms with Crippen molar-refractivity contribution in [2.24, 2.45) is 0 Å². The molecule has 4 rings (SSSR count). The van der Waals surface area contributed by atoms with Crippen LogP contribution in [0, 0.1) is 0 Å². The number of nitrogens with zero attached hydrogens (tertiary/aromatic N) is 2. The van der Waals surface area contributed by atoms with Gasteiger partial charge in [0, 0.05) is 36.8 Å². The Morgan fingerprint density at radius 2 is 1.84 bits per heavy atom. The number of carbonyl (C=O) groups is 1. The van der Waals surface area contributed by atoms with Crippen LogP contribution in [0.15, 0.2) is 50.5 Å². The lowest BCUT2D eigenvalue weighted by atomic mass is 10.3. The van der Waals surface area contributed by atoms with Gasteiger partial charge in [-0.1, -0.05) is 23.2 Å². The molecule has 1 aliphatic heterocycles. The van der Waals surface area contributed by atoms with E-state index in [9.17, 15) is 18.0 Å². The molecule has 2 aromatic carbocycles. The van der Waals surface area contributed by atoms with Gasteiger partial charge in [0.25, 0.3) is 0 Å². The van der Waals surface area contributed by atoms with Crippen LogP contribution in [-0.2, 0) is 21.4 Å². The highest BCUT2D eigenvalue weighted by Gasteiger charge is 2.28. The number of ether oxygens (including phenoxy) is 1. The van der Waals surface area contributed by atoms with Crippen molar-refractivity contribution in [3.8, 4) is 5.75 Å². The van der Waals surface area contributed by atoms with Crippen LogP contribution in [0.1, 0.15) is 19.3 Å². The standard InChI is InChI=1S/C20H18Cl2N2O6S/c21-13-3-5-15(22)17(11-13)29-19(25)7-10-24-16-6-4-14(12-18(16)30-20(24)26)31(27,28)23-8-1-2-9-23/h3-6,11-12H,1-2,7-10H2. The van der Waals surface area contributed by atoms with Gasteiger partial charge in [-0.05, 0) is 37.1 Å². The van der Waals surface area contributed by atoms with E-state index in [1.807, 2.05) is 0 Å². The van der Waals surface area contributed by atoms with Gasteiger partial charge in [-0.15, -0.1) is 0 Å². The van der Waals surface area contributed by atoms with Crippen LogP contribution < -0.4 is 10.5 Å². The summed E-state index contributed by atoms with van der Waals surface area (Å²) in [4.78, 5) is 24.5. The smallest absolute Gasteiger partial charge is 0.419 e. The summed E-state index contributed by atoms with van der Waals surface area (Å²) in [5.41, 5.74) is 0.524. The number of carbonyl (C=O) groups excluding carboxylic acids is 1. The monoisotopic (exact) mass is 484 g/mol. The van der Waals surface area contributed by atoms with E-state index in [1.54, 1.807) is 6.07 Å². The molecule has 8 nitrogen and oxygen atoms in total. The van der Waals surface area contributed by atoms with Crippen LogP contribution in [0.5, 0.6) is 5.75 Å². The number of benzene rings is 2. The molecule has 0 saturated carbocycles. The van der Waals surface area contributed by atoms with Gasteiger partial charge >= 0.3 is 11.7 Å². The molecule has 0 spiro atoms. The molecule has 31 heavy (non-hydrogen) atoms. The number of aromatic nitrogens is 1. The molecule has 3 aromatic rings. The van der Waals surface area contributed by atoms with Crippen LogP contribution in [0.4, 0.5) is 0 Å². The summed E-state index contributed by atoms with van der Waals surface area (Å²) in [6, 6.07) is 8.77. The van der Waals surface area contributed by atoms with E-state index in [1.165, 1.54) is 39.2 Å². The Bertz CT molecular complexity index is 1310. The highest BCUT2D eigenvalue weighted by atomic mass is 35.5. The van der Waals surface area contributed by atoms with Crippen molar-refractivity contribution in [2.75, 3.05) is 13.1 Å². The zero-order chi connectivity index (χ0) is 22.2. The van der Waals surface area contributed by atoms with E-state index in [0.29, 0.717) is 23.6 Å². The predicted octanol–water partition coefficient (Wildman–Crippen LogP) is 3.68. The lowest BCUT2D eigenvalue weighted by Gasteiger charge is -2.15. The van der Waals surface area contributed by atoms with E-state index in [-0.39, 0.29) is 34.2 Å². The van der Waals surface area contributed by atoms with Crippen molar-refractivity contribution in [3.05, 3.63) is 57.0 Å². The van der Waals surface area contributed by atoms with Gasteiger partial charge in [0.15, 0.2) is 11.3 Å². The highest BCUT2D eigenvalue weighted by Crippen LogP contribution is 2.28. The first kappa shape index (κ1) is 21.9. The molecule has 0 bridgehead atoms. The zero-order valence-electron chi connectivity index (χ0n) is 16.2. The van der Waals surface area contributed by atoms with Crippen molar-refractivity contribution < 1.29 is 22.4 Å². The summed E-state index contributed by atoms with van der Waals surface area (Å²) < 4.78 is 38.6. The average molecular weight is 485 g/mol. The maximum absolute atomic E-state index is 12.7. The van der Waals surface area contributed by atoms with Crippen molar-refractivity contribution in [1.82, 2.24) is 8.87 Å². The second-order valence-corrected chi connectivity index (χ2v) is 9.84. The topological polar surface area (TPSA) is 98.8 Å². The summed E-state index contributed by atoms with van der Waals surface area (Å²) in [7, 11) is -3.64. The molecule has 0 aliphatic carbocycles. The van der Waals surface area contributed by atoms with Gasteiger partial charge in [0.05, 0.1) is 21.9 Å². The molecule has 0 N–H and O–H groups in total. The fourth-order valence-electron chi connectivity index (χ4n) is 3.43. The zero-order valence-corrected chi connectivity index (χ0v) is 18.5. The number of aryl methyl sites for hydroxylation is 1. The molecular formula is C20H18Cl2N2O6S. The van der Waals surface area contributed by atoms with E-state index in [4.69, 9.17) is 32.4 Å². The van der Waals surface area contributed by atoms with Crippen LogP contribution in [-0.4, -0.2) is 36.3 Å². The molecular weight excluding hydrogens is 467 g/mol. The lowest BCUT2D eigenvalue weighted by Crippen LogP contribution is -2.27. The number of hydrogen-bond acceptors (Lipinski definition) is 6. The van der Waals surface area contributed by atoms with Crippen LogP contribution in [0.3, 0.4) is 0 Å². The number of hydrogen-bond donors (Lipinski definition) is 0. The molecule has 1 aromatic heterocycles. The largest absolute Gasteiger partial charge is 0.425 e. The Hall–Kier alpha value is -2.33. The lowest BCUT2D eigenvalue weighted by molar-refractivity contribution is -0.134. The molecule has 0 amide bonds. The minimum Gasteiger partial charge on any atom is -0.425 e. The van der Waals surface area contributed by atoms with Crippen molar-refractivity contribution in [3.63, 3.8) is 0 Å². The fraction of sp³-hybridized carbons (Fsp3) is 0.300. The Kier molecular flexibility index (Phi) is 6.11. The van der Waals surface area contributed by atoms with Crippen LogP contribution >= 0.6 is 23.2 Å². The number of halogens is 2. The summed E-state index contributed by atoms with van der Waals surface area (Å²) >= 11 is 11.9. The van der Waals surface area contributed by atoms with E-state index in [0.717, 1.165) is 12.8 Å². The second-order valence-electron chi connectivity index (χ2n) is 7.06. The van der Waals surface area contributed by atoms with Crippen LogP contribution in [0.2, 0.25) is 10.0 Å². The van der Waals surface area contributed by atoms with Gasteiger partial charge in [0.1, 0.15) is 0 Å². The molecule has 0 unspecified atom stereocenters. The second kappa shape index (κ2) is 8.66. The molecule has 1 saturated heterocycles.